The van der Waals surface area contributed by atoms with Crippen LogP contribution < -0.4 is 5.32 Å². The summed E-state index contributed by atoms with van der Waals surface area (Å²) in [4.78, 5) is 27.5. The van der Waals surface area contributed by atoms with Gasteiger partial charge >= 0.3 is 0 Å². The van der Waals surface area contributed by atoms with Crippen LogP contribution in [-0.4, -0.2) is 29.8 Å². The molecule has 0 saturated carbocycles. The molecular formula is C21H20BrClN2O2. The number of piperidine rings is 1. The molecule has 1 N–H and O–H groups in total. The Morgan fingerprint density at radius 2 is 1.52 bits per heavy atom. The maximum Gasteiger partial charge on any atom is 0.271 e. The number of halogens is 2. The second-order valence-corrected chi connectivity index (χ2v) is 7.66. The highest BCUT2D eigenvalue weighted by atomic mass is 79.9. The Balaban J connectivity index is 1.94. The van der Waals surface area contributed by atoms with E-state index in [-0.39, 0.29) is 22.5 Å². The minimum atomic E-state index is -0.355. The molecule has 2 aromatic carbocycles. The number of hydrogen-bond donors (Lipinski definition) is 1. The first-order valence-corrected chi connectivity index (χ1v) is 10.0. The third-order valence-corrected chi connectivity index (χ3v) is 5.38. The number of nitrogens with zero attached hydrogens (tertiary/aromatic N) is 1. The molecule has 0 unspecified atom stereocenters. The minimum absolute atomic E-state index is 0.120. The minimum Gasteiger partial charge on any atom is -0.337 e. The molecule has 0 spiro atoms. The van der Waals surface area contributed by atoms with Gasteiger partial charge in [0.2, 0.25) is 0 Å². The van der Waals surface area contributed by atoms with Gasteiger partial charge in [-0.1, -0.05) is 57.9 Å². The van der Waals surface area contributed by atoms with Gasteiger partial charge in [0.05, 0.1) is 5.03 Å². The molecule has 1 saturated heterocycles. The number of rotatable bonds is 4. The Kier molecular flexibility index (Phi) is 6.69. The third-order valence-electron chi connectivity index (χ3n) is 4.45. The van der Waals surface area contributed by atoms with E-state index in [1.165, 1.54) is 0 Å². The van der Waals surface area contributed by atoms with Gasteiger partial charge in [-0.3, -0.25) is 9.59 Å². The molecule has 1 heterocycles. The summed E-state index contributed by atoms with van der Waals surface area (Å²) in [5.41, 5.74) is 1.27. The lowest BCUT2D eigenvalue weighted by Gasteiger charge is -2.28. The van der Waals surface area contributed by atoms with Crippen LogP contribution in [0.3, 0.4) is 0 Å². The van der Waals surface area contributed by atoms with Crippen molar-refractivity contribution in [3.63, 3.8) is 0 Å². The highest BCUT2D eigenvalue weighted by Gasteiger charge is 2.25. The van der Waals surface area contributed by atoms with Crippen LogP contribution in [0.5, 0.6) is 0 Å². The average Bonchev–Trinajstić information content (AvgIpc) is 2.72. The van der Waals surface area contributed by atoms with Gasteiger partial charge in [0.1, 0.15) is 5.70 Å². The summed E-state index contributed by atoms with van der Waals surface area (Å²) in [5.74, 6) is -0.599. The zero-order chi connectivity index (χ0) is 19.2. The van der Waals surface area contributed by atoms with E-state index < -0.39 is 0 Å². The highest BCUT2D eigenvalue weighted by Crippen LogP contribution is 2.26. The summed E-state index contributed by atoms with van der Waals surface area (Å²) in [7, 11) is 0. The molecule has 3 rings (SSSR count). The summed E-state index contributed by atoms with van der Waals surface area (Å²) >= 11 is 9.96. The van der Waals surface area contributed by atoms with Gasteiger partial charge in [-0.2, -0.15) is 0 Å². The standard InChI is InChI=1S/C21H20BrClN2O2/c22-17-11-9-15(10-12-17)18(23)19(21(27)25-13-5-2-6-14-25)24-20(26)16-7-3-1-4-8-16/h1,3-4,7-12H,2,5-6,13-14H2,(H,24,26)/b19-18-. The number of carbonyl (C=O) groups excluding carboxylic acids is 2. The largest absolute Gasteiger partial charge is 0.337 e. The van der Waals surface area contributed by atoms with Crippen molar-refractivity contribution in [2.45, 2.75) is 19.3 Å². The molecule has 1 fully saturated rings. The van der Waals surface area contributed by atoms with E-state index in [4.69, 9.17) is 11.6 Å². The zero-order valence-electron chi connectivity index (χ0n) is 14.8. The van der Waals surface area contributed by atoms with Crippen molar-refractivity contribution in [1.29, 1.82) is 0 Å². The zero-order valence-corrected chi connectivity index (χ0v) is 17.1. The van der Waals surface area contributed by atoms with Gasteiger partial charge in [0.15, 0.2) is 0 Å². The van der Waals surface area contributed by atoms with Crippen molar-refractivity contribution < 1.29 is 9.59 Å². The Morgan fingerprint density at radius 3 is 2.15 bits per heavy atom. The van der Waals surface area contributed by atoms with Gasteiger partial charge in [-0.05, 0) is 49.1 Å². The second-order valence-electron chi connectivity index (χ2n) is 6.37. The Bertz CT molecular complexity index is 844. The van der Waals surface area contributed by atoms with Gasteiger partial charge < -0.3 is 10.2 Å². The molecule has 0 aromatic heterocycles. The van der Waals surface area contributed by atoms with Crippen LogP contribution in [-0.2, 0) is 4.79 Å². The Morgan fingerprint density at radius 1 is 0.889 bits per heavy atom. The lowest BCUT2D eigenvalue weighted by atomic mass is 10.1. The summed E-state index contributed by atoms with van der Waals surface area (Å²) in [6.45, 7) is 1.35. The predicted octanol–water partition coefficient (Wildman–Crippen LogP) is 4.80. The third kappa shape index (κ3) is 4.99. The van der Waals surface area contributed by atoms with E-state index >= 15 is 0 Å². The fraction of sp³-hybridized carbons (Fsp3) is 0.238. The SMILES string of the molecule is O=C(N/C(C(=O)N1CCCCC1)=C(\Cl)c1ccc(Br)cc1)c1ccccc1. The first kappa shape index (κ1) is 19.6. The van der Waals surface area contributed by atoms with Crippen LogP contribution in [0.1, 0.15) is 35.2 Å². The van der Waals surface area contributed by atoms with Gasteiger partial charge in [0.25, 0.3) is 11.8 Å². The van der Waals surface area contributed by atoms with Crippen molar-refractivity contribution in [3.8, 4) is 0 Å². The molecule has 1 aliphatic rings. The van der Waals surface area contributed by atoms with Gasteiger partial charge in [0, 0.05) is 23.1 Å². The van der Waals surface area contributed by atoms with E-state index in [0.717, 1.165) is 23.7 Å². The second kappa shape index (κ2) is 9.20. The molecule has 2 amide bonds. The molecule has 0 radical (unpaired) electrons. The van der Waals surface area contributed by atoms with E-state index in [1.54, 1.807) is 29.2 Å². The first-order chi connectivity index (χ1) is 13.1. The van der Waals surface area contributed by atoms with Crippen LogP contribution >= 0.6 is 27.5 Å². The molecular weight excluding hydrogens is 428 g/mol. The number of likely N-dealkylation sites (tertiary alicyclic amines) is 1. The molecule has 1 aliphatic heterocycles. The number of benzene rings is 2. The first-order valence-electron chi connectivity index (χ1n) is 8.87. The number of hydrogen-bond acceptors (Lipinski definition) is 2. The average molecular weight is 448 g/mol. The van der Waals surface area contributed by atoms with E-state index in [1.807, 2.05) is 30.3 Å². The van der Waals surface area contributed by atoms with E-state index in [2.05, 4.69) is 21.2 Å². The Labute approximate surface area is 172 Å². The summed E-state index contributed by atoms with van der Waals surface area (Å²) < 4.78 is 0.910. The normalized spacial score (nSPS) is 15.1. The smallest absolute Gasteiger partial charge is 0.271 e. The van der Waals surface area contributed by atoms with Crippen LogP contribution in [0.2, 0.25) is 0 Å². The summed E-state index contributed by atoms with van der Waals surface area (Å²) in [6.07, 6.45) is 3.03. The van der Waals surface area contributed by atoms with Gasteiger partial charge in [-0.25, -0.2) is 0 Å². The maximum absolute atomic E-state index is 13.1. The van der Waals surface area contributed by atoms with Crippen LogP contribution in [0.4, 0.5) is 0 Å². The van der Waals surface area contributed by atoms with Crippen molar-refractivity contribution in [2.75, 3.05) is 13.1 Å². The fourth-order valence-corrected chi connectivity index (χ4v) is 3.49. The van der Waals surface area contributed by atoms with Gasteiger partial charge in [-0.15, -0.1) is 0 Å². The molecule has 6 heteroatoms. The molecule has 27 heavy (non-hydrogen) atoms. The van der Waals surface area contributed by atoms with Crippen molar-refractivity contribution in [1.82, 2.24) is 10.2 Å². The van der Waals surface area contributed by atoms with Crippen molar-refractivity contribution in [3.05, 3.63) is 75.9 Å². The quantitative estimate of drug-likeness (QED) is 0.685. The summed E-state index contributed by atoms with van der Waals surface area (Å²) in [5, 5.41) is 2.99. The molecule has 140 valence electrons. The highest BCUT2D eigenvalue weighted by molar-refractivity contribution is 9.10. The maximum atomic E-state index is 13.1. The van der Waals surface area contributed by atoms with Crippen LogP contribution in [0.25, 0.3) is 5.03 Å². The van der Waals surface area contributed by atoms with E-state index in [0.29, 0.717) is 24.2 Å². The molecule has 0 bridgehead atoms. The number of carbonyl (C=O) groups is 2. The lowest BCUT2D eigenvalue weighted by Crippen LogP contribution is -2.41. The molecule has 0 atom stereocenters. The molecule has 4 nitrogen and oxygen atoms in total. The number of nitrogens with one attached hydrogen (secondary N) is 1. The van der Waals surface area contributed by atoms with Crippen LogP contribution in [0.15, 0.2) is 64.8 Å². The topological polar surface area (TPSA) is 49.4 Å². The fourth-order valence-electron chi connectivity index (χ4n) is 2.97. The summed E-state index contributed by atoms with van der Waals surface area (Å²) in [6, 6.07) is 16.1. The monoisotopic (exact) mass is 446 g/mol. The molecule has 0 aliphatic carbocycles. The van der Waals surface area contributed by atoms with Crippen molar-refractivity contribution in [2.24, 2.45) is 0 Å². The number of amides is 2. The van der Waals surface area contributed by atoms with Crippen LogP contribution in [0, 0.1) is 0 Å². The Hall–Kier alpha value is -2.11. The van der Waals surface area contributed by atoms with E-state index in [9.17, 15) is 9.59 Å². The van der Waals surface area contributed by atoms with Crippen molar-refractivity contribution >= 4 is 44.4 Å². The lowest BCUT2D eigenvalue weighted by molar-refractivity contribution is -0.128. The predicted molar refractivity (Wildman–Crippen MR) is 111 cm³/mol. The molecule has 2 aromatic rings.